The van der Waals surface area contributed by atoms with Crippen molar-refractivity contribution >= 4 is 0 Å². The highest BCUT2D eigenvalue weighted by Crippen LogP contribution is 2.37. The van der Waals surface area contributed by atoms with Crippen LogP contribution in [-0.2, 0) is 13.0 Å². The molecule has 0 aliphatic carbocycles. The molecule has 0 aromatic heterocycles. The van der Waals surface area contributed by atoms with Crippen molar-refractivity contribution in [3.8, 4) is 5.75 Å². The Hall–Kier alpha value is -1.80. The van der Waals surface area contributed by atoms with Gasteiger partial charge in [0.15, 0.2) is 0 Å². The van der Waals surface area contributed by atoms with Crippen molar-refractivity contribution < 1.29 is 4.74 Å². The van der Waals surface area contributed by atoms with E-state index in [1.165, 1.54) is 16.7 Å². The van der Waals surface area contributed by atoms with Gasteiger partial charge in [-0.05, 0) is 31.9 Å². The van der Waals surface area contributed by atoms with E-state index in [2.05, 4.69) is 74.6 Å². The molecule has 0 saturated heterocycles. The third-order valence-corrected chi connectivity index (χ3v) is 4.07. The van der Waals surface area contributed by atoms with Gasteiger partial charge in [-0.25, -0.2) is 0 Å². The molecular weight excluding hydrogens is 258 g/mol. The van der Waals surface area contributed by atoms with Crippen LogP contribution in [0.4, 0.5) is 0 Å². The molecule has 1 N–H and O–H groups in total. The first-order valence-corrected chi connectivity index (χ1v) is 7.63. The highest BCUT2D eigenvalue weighted by molar-refractivity contribution is 5.45. The number of benzene rings is 2. The van der Waals surface area contributed by atoms with Crippen molar-refractivity contribution in [2.75, 3.05) is 0 Å². The molecule has 110 valence electrons. The Morgan fingerprint density at radius 2 is 1.86 bits per heavy atom. The largest absolute Gasteiger partial charge is 0.487 e. The lowest BCUT2D eigenvalue weighted by Crippen LogP contribution is -2.25. The zero-order chi connectivity index (χ0) is 14.9. The van der Waals surface area contributed by atoms with Crippen LogP contribution >= 0.6 is 0 Å². The van der Waals surface area contributed by atoms with Gasteiger partial charge in [-0.15, -0.1) is 0 Å². The van der Waals surface area contributed by atoms with Gasteiger partial charge < -0.3 is 10.1 Å². The number of nitrogens with one attached hydrogen (secondary N) is 1. The molecule has 1 atom stereocenters. The number of fused-ring (bicyclic) bond motifs is 1. The summed E-state index contributed by atoms with van der Waals surface area (Å²) in [5.74, 6) is 1.08. The first-order chi connectivity index (χ1) is 10.1. The molecule has 1 aliphatic rings. The smallest absolute Gasteiger partial charge is 0.127 e. The molecule has 0 spiro atoms. The van der Waals surface area contributed by atoms with Crippen molar-refractivity contribution in [3.63, 3.8) is 0 Å². The predicted octanol–water partition coefficient (Wildman–Crippen LogP) is 4.25. The van der Waals surface area contributed by atoms with E-state index in [-0.39, 0.29) is 5.60 Å². The maximum absolute atomic E-state index is 6.12. The number of ether oxygens (including phenoxy) is 1. The molecule has 1 heterocycles. The normalized spacial score (nSPS) is 17.1. The fourth-order valence-corrected chi connectivity index (χ4v) is 2.94. The molecule has 0 saturated carbocycles. The predicted molar refractivity (Wildman–Crippen MR) is 86.5 cm³/mol. The molecule has 21 heavy (non-hydrogen) atoms. The second kappa shape index (κ2) is 5.53. The minimum atomic E-state index is -0.0799. The van der Waals surface area contributed by atoms with Crippen LogP contribution in [0.15, 0.2) is 48.5 Å². The van der Waals surface area contributed by atoms with Crippen molar-refractivity contribution in [3.05, 3.63) is 65.2 Å². The molecule has 2 aromatic carbocycles. The van der Waals surface area contributed by atoms with E-state index >= 15 is 0 Å². The lowest BCUT2D eigenvalue weighted by molar-refractivity contribution is 0.137. The van der Waals surface area contributed by atoms with Gasteiger partial charge in [-0.1, -0.05) is 48.5 Å². The van der Waals surface area contributed by atoms with Crippen LogP contribution in [0, 0.1) is 0 Å². The second-order valence-electron chi connectivity index (χ2n) is 6.46. The summed E-state index contributed by atoms with van der Waals surface area (Å²) in [6.07, 6.45) is 0.990. The van der Waals surface area contributed by atoms with Crippen LogP contribution in [-0.4, -0.2) is 5.60 Å². The van der Waals surface area contributed by atoms with Gasteiger partial charge in [0.25, 0.3) is 0 Å². The summed E-state index contributed by atoms with van der Waals surface area (Å²) in [4.78, 5) is 0. The van der Waals surface area contributed by atoms with E-state index in [9.17, 15) is 0 Å². The zero-order valence-electron chi connectivity index (χ0n) is 13.0. The third-order valence-electron chi connectivity index (χ3n) is 4.07. The van der Waals surface area contributed by atoms with E-state index < -0.39 is 0 Å². The Morgan fingerprint density at radius 1 is 1.10 bits per heavy atom. The van der Waals surface area contributed by atoms with Gasteiger partial charge in [0.05, 0.1) is 0 Å². The molecule has 2 nitrogen and oxygen atoms in total. The summed E-state index contributed by atoms with van der Waals surface area (Å²) in [5, 5.41) is 3.59. The maximum Gasteiger partial charge on any atom is 0.127 e. The maximum atomic E-state index is 6.12. The standard InChI is InChI=1S/C19H23NO/c1-14(15-8-5-4-6-9-15)20-13-17-11-7-10-16-12-19(2,3)21-18(16)17/h4-11,14,20H,12-13H2,1-3H3. The van der Waals surface area contributed by atoms with Crippen molar-refractivity contribution in [2.45, 2.75) is 45.4 Å². The molecule has 3 rings (SSSR count). The SMILES string of the molecule is CC(NCc1cccc2c1OC(C)(C)C2)c1ccccc1. The first-order valence-electron chi connectivity index (χ1n) is 7.63. The quantitative estimate of drug-likeness (QED) is 0.904. The molecule has 1 aliphatic heterocycles. The summed E-state index contributed by atoms with van der Waals surface area (Å²) in [5.41, 5.74) is 3.81. The highest BCUT2D eigenvalue weighted by atomic mass is 16.5. The second-order valence-corrected chi connectivity index (χ2v) is 6.46. The van der Waals surface area contributed by atoms with Crippen LogP contribution in [0.5, 0.6) is 5.75 Å². The molecule has 0 amide bonds. The number of para-hydroxylation sites is 1. The molecule has 1 unspecified atom stereocenters. The summed E-state index contributed by atoms with van der Waals surface area (Å²) >= 11 is 0. The number of rotatable bonds is 4. The Labute approximate surface area is 127 Å². The lowest BCUT2D eigenvalue weighted by atomic mass is 10.0. The summed E-state index contributed by atoms with van der Waals surface area (Å²) in [7, 11) is 0. The van der Waals surface area contributed by atoms with Crippen molar-refractivity contribution in [1.29, 1.82) is 0 Å². The van der Waals surface area contributed by atoms with Gasteiger partial charge in [0, 0.05) is 24.6 Å². The van der Waals surface area contributed by atoms with Crippen LogP contribution in [0.3, 0.4) is 0 Å². The highest BCUT2D eigenvalue weighted by Gasteiger charge is 2.31. The Kier molecular flexibility index (Phi) is 3.73. The molecule has 2 aromatic rings. The fraction of sp³-hybridized carbons (Fsp3) is 0.368. The Bertz CT molecular complexity index is 619. The lowest BCUT2D eigenvalue weighted by Gasteiger charge is -2.19. The van der Waals surface area contributed by atoms with Crippen molar-refractivity contribution in [2.24, 2.45) is 0 Å². The van der Waals surface area contributed by atoms with Crippen LogP contribution in [0.25, 0.3) is 0 Å². The minimum Gasteiger partial charge on any atom is -0.487 e. The molecule has 0 fully saturated rings. The topological polar surface area (TPSA) is 21.3 Å². The number of hydrogen-bond donors (Lipinski definition) is 1. The third kappa shape index (κ3) is 3.11. The van der Waals surface area contributed by atoms with Crippen LogP contribution in [0.1, 0.15) is 43.5 Å². The van der Waals surface area contributed by atoms with Gasteiger partial charge in [0.2, 0.25) is 0 Å². The van der Waals surface area contributed by atoms with Crippen LogP contribution in [0.2, 0.25) is 0 Å². The Morgan fingerprint density at radius 3 is 2.62 bits per heavy atom. The van der Waals surface area contributed by atoms with E-state index in [0.717, 1.165) is 18.7 Å². The zero-order valence-corrected chi connectivity index (χ0v) is 13.0. The van der Waals surface area contributed by atoms with Gasteiger partial charge >= 0.3 is 0 Å². The average molecular weight is 281 g/mol. The van der Waals surface area contributed by atoms with Gasteiger partial charge in [0.1, 0.15) is 11.4 Å². The minimum absolute atomic E-state index is 0.0799. The van der Waals surface area contributed by atoms with Gasteiger partial charge in [-0.3, -0.25) is 0 Å². The molecule has 2 heteroatoms. The van der Waals surface area contributed by atoms with E-state index in [0.29, 0.717) is 6.04 Å². The molecule has 0 radical (unpaired) electrons. The average Bonchev–Trinajstić information content (AvgIpc) is 2.80. The monoisotopic (exact) mass is 281 g/mol. The summed E-state index contributed by atoms with van der Waals surface area (Å²) < 4.78 is 6.12. The van der Waals surface area contributed by atoms with E-state index in [4.69, 9.17) is 4.74 Å². The first kappa shape index (κ1) is 14.2. The molecule has 0 bridgehead atoms. The van der Waals surface area contributed by atoms with Gasteiger partial charge in [-0.2, -0.15) is 0 Å². The number of hydrogen-bond acceptors (Lipinski definition) is 2. The fourth-order valence-electron chi connectivity index (χ4n) is 2.94. The molecular formula is C19H23NO. The van der Waals surface area contributed by atoms with Crippen molar-refractivity contribution in [1.82, 2.24) is 5.32 Å². The van der Waals surface area contributed by atoms with E-state index in [1.807, 2.05) is 0 Å². The van der Waals surface area contributed by atoms with E-state index in [1.54, 1.807) is 0 Å². The summed E-state index contributed by atoms with van der Waals surface area (Å²) in [6.45, 7) is 7.33. The Balaban J connectivity index is 1.72. The summed E-state index contributed by atoms with van der Waals surface area (Å²) in [6, 6.07) is 17.3. The van der Waals surface area contributed by atoms with Crippen LogP contribution < -0.4 is 10.1 Å².